The van der Waals surface area contributed by atoms with Crippen molar-refractivity contribution >= 4 is 17.7 Å². The number of likely N-dealkylation sites (N-methyl/N-ethyl adjacent to an activating group) is 1. The topological polar surface area (TPSA) is 32.3 Å². The summed E-state index contributed by atoms with van der Waals surface area (Å²) in [5.41, 5.74) is 1.14. The van der Waals surface area contributed by atoms with Gasteiger partial charge in [-0.1, -0.05) is 12.1 Å². The van der Waals surface area contributed by atoms with E-state index in [9.17, 15) is 4.79 Å². The molecule has 4 heteroatoms. The molecule has 1 aliphatic heterocycles. The van der Waals surface area contributed by atoms with E-state index >= 15 is 0 Å². The zero-order chi connectivity index (χ0) is 10.8. The van der Waals surface area contributed by atoms with Gasteiger partial charge in [-0.3, -0.25) is 10.1 Å². The lowest BCUT2D eigenvalue weighted by Crippen LogP contribution is -2.25. The van der Waals surface area contributed by atoms with Crippen LogP contribution in [0, 0.1) is 0 Å². The Morgan fingerprint density at radius 2 is 2.07 bits per heavy atom. The van der Waals surface area contributed by atoms with Crippen LogP contribution in [0.15, 0.2) is 29.2 Å². The second-order valence-corrected chi connectivity index (χ2v) is 4.44. The zero-order valence-corrected chi connectivity index (χ0v) is 9.67. The summed E-state index contributed by atoms with van der Waals surface area (Å²) in [6.45, 7) is 0.436. The van der Waals surface area contributed by atoms with Crippen LogP contribution in [0.2, 0.25) is 0 Å². The number of nitrogens with one attached hydrogen (secondary N) is 1. The smallest absolute Gasteiger partial charge is 0.237 e. The fraction of sp³-hybridized carbons (Fsp3) is 0.364. The minimum absolute atomic E-state index is 0.0356. The average Bonchev–Trinajstić information content (AvgIpc) is 2.60. The van der Waals surface area contributed by atoms with Gasteiger partial charge >= 0.3 is 0 Å². The van der Waals surface area contributed by atoms with Gasteiger partial charge in [-0.15, -0.1) is 11.8 Å². The molecule has 0 radical (unpaired) electrons. The van der Waals surface area contributed by atoms with Gasteiger partial charge in [-0.2, -0.15) is 0 Å². The maximum atomic E-state index is 11.3. The van der Waals surface area contributed by atoms with Crippen LogP contribution < -0.4 is 5.32 Å². The molecule has 0 aliphatic carbocycles. The van der Waals surface area contributed by atoms with Crippen LogP contribution in [-0.4, -0.2) is 30.7 Å². The quantitative estimate of drug-likeness (QED) is 0.769. The second kappa shape index (κ2) is 4.24. The van der Waals surface area contributed by atoms with Crippen LogP contribution in [0.3, 0.4) is 0 Å². The van der Waals surface area contributed by atoms with Crippen molar-refractivity contribution in [2.45, 2.75) is 11.1 Å². The summed E-state index contributed by atoms with van der Waals surface area (Å²) in [6.07, 6.45) is 2.09. The summed E-state index contributed by atoms with van der Waals surface area (Å²) in [5, 5.41) is 3.18. The third-order valence-corrected chi connectivity index (χ3v) is 3.40. The molecule has 1 fully saturated rings. The molecule has 2 rings (SSSR count). The van der Waals surface area contributed by atoms with Crippen molar-refractivity contribution < 1.29 is 4.79 Å². The monoisotopic (exact) mass is 222 g/mol. The molecule has 1 saturated heterocycles. The first-order chi connectivity index (χ1) is 7.22. The summed E-state index contributed by atoms with van der Waals surface area (Å²) < 4.78 is 0. The Kier molecular flexibility index (Phi) is 2.98. The highest BCUT2D eigenvalue weighted by atomic mass is 32.2. The number of hydrogen-bond donors (Lipinski definition) is 1. The molecule has 0 saturated carbocycles. The largest absolute Gasteiger partial charge is 0.325 e. The molecule has 1 aromatic carbocycles. The van der Waals surface area contributed by atoms with Crippen molar-refractivity contribution in [1.29, 1.82) is 0 Å². The summed E-state index contributed by atoms with van der Waals surface area (Å²) in [7, 11) is 1.83. The van der Waals surface area contributed by atoms with E-state index in [1.54, 1.807) is 16.7 Å². The highest BCUT2D eigenvalue weighted by Gasteiger charge is 2.27. The summed E-state index contributed by atoms with van der Waals surface area (Å²) in [4.78, 5) is 14.3. The summed E-state index contributed by atoms with van der Waals surface area (Å²) in [5.74, 6) is 0.147. The molecule has 3 nitrogen and oxygen atoms in total. The molecule has 1 amide bonds. The first-order valence-electron chi connectivity index (χ1n) is 4.85. The van der Waals surface area contributed by atoms with Crippen molar-refractivity contribution in [3.8, 4) is 0 Å². The molecule has 80 valence electrons. The van der Waals surface area contributed by atoms with Crippen LogP contribution in [0.1, 0.15) is 11.7 Å². The molecule has 1 unspecified atom stereocenters. The van der Waals surface area contributed by atoms with E-state index < -0.39 is 0 Å². The molecule has 1 aliphatic rings. The fourth-order valence-electron chi connectivity index (χ4n) is 1.72. The van der Waals surface area contributed by atoms with Gasteiger partial charge in [-0.25, -0.2) is 0 Å². The SMILES string of the molecule is CSc1ccc(C2NCC(=O)N2C)cc1. The molecular weight excluding hydrogens is 208 g/mol. The van der Waals surface area contributed by atoms with E-state index in [0.29, 0.717) is 6.54 Å². The second-order valence-electron chi connectivity index (χ2n) is 3.56. The van der Waals surface area contributed by atoms with E-state index in [-0.39, 0.29) is 12.1 Å². The Balaban J connectivity index is 2.19. The first kappa shape index (κ1) is 10.5. The van der Waals surface area contributed by atoms with Gasteiger partial charge in [-0.05, 0) is 24.0 Å². The van der Waals surface area contributed by atoms with Crippen molar-refractivity contribution in [2.24, 2.45) is 0 Å². The average molecular weight is 222 g/mol. The third-order valence-electron chi connectivity index (χ3n) is 2.66. The van der Waals surface area contributed by atoms with Gasteiger partial charge in [0.05, 0.1) is 6.54 Å². The molecule has 15 heavy (non-hydrogen) atoms. The fourth-order valence-corrected chi connectivity index (χ4v) is 2.13. The number of carbonyl (C=O) groups is 1. The van der Waals surface area contributed by atoms with E-state index in [1.165, 1.54) is 4.90 Å². The van der Waals surface area contributed by atoms with Crippen LogP contribution in [0.5, 0.6) is 0 Å². The van der Waals surface area contributed by atoms with Gasteiger partial charge in [0.2, 0.25) is 5.91 Å². The normalized spacial score (nSPS) is 21.1. The first-order valence-corrected chi connectivity index (χ1v) is 6.08. The Morgan fingerprint density at radius 1 is 1.40 bits per heavy atom. The lowest BCUT2D eigenvalue weighted by Gasteiger charge is -2.19. The molecule has 1 atom stereocenters. The van der Waals surface area contributed by atoms with Crippen molar-refractivity contribution in [2.75, 3.05) is 19.8 Å². The van der Waals surface area contributed by atoms with Crippen LogP contribution in [-0.2, 0) is 4.79 Å². The lowest BCUT2D eigenvalue weighted by atomic mass is 10.2. The number of thioether (sulfide) groups is 1. The van der Waals surface area contributed by atoms with Gasteiger partial charge in [0.1, 0.15) is 6.17 Å². The Morgan fingerprint density at radius 3 is 2.53 bits per heavy atom. The number of hydrogen-bond acceptors (Lipinski definition) is 3. The van der Waals surface area contributed by atoms with E-state index in [2.05, 4.69) is 35.8 Å². The number of nitrogens with zero attached hydrogens (tertiary/aromatic N) is 1. The van der Waals surface area contributed by atoms with Crippen LogP contribution in [0.25, 0.3) is 0 Å². The van der Waals surface area contributed by atoms with Gasteiger partial charge in [0, 0.05) is 11.9 Å². The maximum absolute atomic E-state index is 11.3. The van der Waals surface area contributed by atoms with E-state index in [4.69, 9.17) is 0 Å². The standard InChI is InChI=1S/C11H14N2OS/c1-13-10(14)7-12-11(13)8-3-5-9(15-2)6-4-8/h3-6,11-12H,7H2,1-2H3. The number of benzene rings is 1. The number of amides is 1. The summed E-state index contributed by atoms with van der Waals surface area (Å²) in [6, 6.07) is 8.30. The number of rotatable bonds is 2. The van der Waals surface area contributed by atoms with Crippen LogP contribution >= 0.6 is 11.8 Å². The molecule has 1 heterocycles. The predicted octanol–water partition coefficient (Wildman–Crippen LogP) is 1.47. The Hall–Kier alpha value is -1.00. The molecule has 0 spiro atoms. The Bertz CT molecular complexity index is 363. The summed E-state index contributed by atoms with van der Waals surface area (Å²) >= 11 is 1.72. The molecule has 0 bridgehead atoms. The molecular formula is C11H14N2OS. The van der Waals surface area contributed by atoms with Crippen molar-refractivity contribution in [1.82, 2.24) is 10.2 Å². The van der Waals surface area contributed by atoms with Gasteiger partial charge in [0.25, 0.3) is 0 Å². The minimum Gasteiger partial charge on any atom is -0.325 e. The predicted molar refractivity (Wildman–Crippen MR) is 61.7 cm³/mol. The molecule has 1 N–H and O–H groups in total. The molecule has 0 aromatic heterocycles. The third kappa shape index (κ3) is 2.01. The Labute approximate surface area is 93.8 Å². The highest BCUT2D eigenvalue weighted by molar-refractivity contribution is 7.98. The minimum atomic E-state index is 0.0356. The van der Waals surface area contributed by atoms with Crippen molar-refractivity contribution in [3.63, 3.8) is 0 Å². The molecule has 1 aromatic rings. The maximum Gasteiger partial charge on any atom is 0.237 e. The van der Waals surface area contributed by atoms with E-state index in [1.807, 2.05) is 7.05 Å². The van der Waals surface area contributed by atoms with Crippen molar-refractivity contribution in [3.05, 3.63) is 29.8 Å². The van der Waals surface area contributed by atoms with Gasteiger partial charge < -0.3 is 4.90 Å². The zero-order valence-electron chi connectivity index (χ0n) is 8.86. The number of carbonyl (C=O) groups excluding carboxylic acids is 1. The van der Waals surface area contributed by atoms with E-state index in [0.717, 1.165) is 5.56 Å². The van der Waals surface area contributed by atoms with Crippen LogP contribution in [0.4, 0.5) is 0 Å². The van der Waals surface area contributed by atoms with Gasteiger partial charge in [0.15, 0.2) is 0 Å². The lowest BCUT2D eigenvalue weighted by molar-refractivity contribution is -0.126. The highest BCUT2D eigenvalue weighted by Crippen LogP contribution is 2.23.